The summed E-state index contributed by atoms with van der Waals surface area (Å²) in [6.45, 7) is 8.76. The van der Waals surface area contributed by atoms with Crippen LogP contribution in [0.25, 0.3) is 0 Å². The third kappa shape index (κ3) is 4.84. The molecule has 2 fully saturated rings. The van der Waals surface area contributed by atoms with E-state index in [0.29, 0.717) is 11.3 Å². The molecule has 1 atom stereocenters. The van der Waals surface area contributed by atoms with Crippen LogP contribution in [-0.4, -0.2) is 37.0 Å². The smallest absolute Gasteiger partial charge is 0.193 e. The zero-order chi connectivity index (χ0) is 15.4. The van der Waals surface area contributed by atoms with Crippen LogP contribution in [-0.2, 0) is 6.42 Å². The molecule has 1 N–H and O–H groups in total. The zero-order valence-corrected chi connectivity index (χ0v) is 17.5. The highest BCUT2D eigenvalue weighted by molar-refractivity contribution is 14.0. The number of aliphatic imine (C=N–C) groups is 1. The van der Waals surface area contributed by atoms with Gasteiger partial charge in [0.2, 0.25) is 0 Å². The molecule has 2 heterocycles. The lowest BCUT2D eigenvalue weighted by Gasteiger charge is -2.38. The Bertz CT molecular complexity index is 496. The van der Waals surface area contributed by atoms with E-state index in [4.69, 9.17) is 4.99 Å². The number of guanidine groups is 1. The Hall–Kier alpha value is -0.300. The Morgan fingerprint density at radius 2 is 2.26 bits per heavy atom. The van der Waals surface area contributed by atoms with Gasteiger partial charge in [-0.15, -0.1) is 35.3 Å². The van der Waals surface area contributed by atoms with Gasteiger partial charge < -0.3 is 10.2 Å². The Labute approximate surface area is 162 Å². The van der Waals surface area contributed by atoms with Crippen molar-refractivity contribution in [3.05, 3.63) is 22.4 Å². The highest BCUT2D eigenvalue weighted by Gasteiger charge is 2.43. The van der Waals surface area contributed by atoms with Crippen LogP contribution < -0.4 is 5.32 Å². The molecular formula is C18H30IN3S. The molecule has 1 aliphatic carbocycles. The van der Waals surface area contributed by atoms with Crippen molar-refractivity contribution < 1.29 is 0 Å². The van der Waals surface area contributed by atoms with Crippen molar-refractivity contribution in [3.8, 4) is 0 Å². The first-order valence-electron chi connectivity index (χ1n) is 8.76. The summed E-state index contributed by atoms with van der Waals surface area (Å²) in [7, 11) is 0. The Kier molecular flexibility index (Phi) is 7.19. The van der Waals surface area contributed by atoms with E-state index in [1.54, 1.807) is 0 Å². The molecule has 1 aromatic heterocycles. The lowest BCUT2D eigenvalue weighted by atomic mass is 9.68. The number of hydrogen-bond donors (Lipinski definition) is 1. The van der Waals surface area contributed by atoms with Crippen LogP contribution in [0, 0.1) is 11.3 Å². The van der Waals surface area contributed by atoms with Gasteiger partial charge in [0.1, 0.15) is 0 Å². The van der Waals surface area contributed by atoms with Crippen LogP contribution in [0.2, 0.25) is 0 Å². The summed E-state index contributed by atoms with van der Waals surface area (Å²) in [5, 5.41) is 5.67. The fraction of sp³-hybridized carbons (Fsp3) is 0.722. The van der Waals surface area contributed by atoms with Crippen molar-refractivity contribution in [3.63, 3.8) is 0 Å². The SMILES string of the molecule is CCNC(=NCC(C)Cc1cccs1)N1CCC2(CCC2)C1.I. The minimum absolute atomic E-state index is 0. The molecule has 1 saturated heterocycles. The normalized spacial score (nSPS) is 21.0. The molecule has 1 aliphatic heterocycles. The number of thiophene rings is 1. The van der Waals surface area contributed by atoms with Gasteiger partial charge in [-0.25, -0.2) is 0 Å². The second-order valence-electron chi connectivity index (χ2n) is 7.11. The predicted molar refractivity (Wildman–Crippen MR) is 111 cm³/mol. The molecule has 130 valence electrons. The van der Waals surface area contributed by atoms with Gasteiger partial charge in [-0.2, -0.15) is 0 Å². The highest BCUT2D eigenvalue weighted by Crippen LogP contribution is 2.47. The molecule has 1 spiro atoms. The summed E-state index contributed by atoms with van der Waals surface area (Å²) in [5.74, 6) is 1.75. The van der Waals surface area contributed by atoms with Gasteiger partial charge in [0, 0.05) is 31.1 Å². The second kappa shape index (κ2) is 8.70. The van der Waals surface area contributed by atoms with E-state index in [2.05, 4.69) is 41.6 Å². The van der Waals surface area contributed by atoms with Gasteiger partial charge in [-0.05, 0) is 55.4 Å². The van der Waals surface area contributed by atoms with Crippen molar-refractivity contribution in [1.82, 2.24) is 10.2 Å². The molecule has 1 saturated carbocycles. The monoisotopic (exact) mass is 447 g/mol. The molecule has 23 heavy (non-hydrogen) atoms. The van der Waals surface area contributed by atoms with Crippen molar-refractivity contribution in [1.29, 1.82) is 0 Å². The van der Waals surface area contributed by atoms with Crippen LogP contribution in [0.4, 0.5) is 0 Å². The van der Waals surface area contributed by atoms with Gasteiger partial charge >= 0.3 is 0 Å². The summed E-state index contributed by atoms with van der Waals surface area (Å²) in [4.78, 5) is 8.91. The van der Waals surface area contributed by atoms with Crippen LogP contribution in [0.1, 0.15) is 44.4 Å². The van der Waals surface area contributed by atoms with E-state index in [-0.39, 0.29) is 24.0 Å². The average Bonchev–Trinajstić information content (AvgIpc) is 3.11. The number of likely N-dealkylation sites (tertiary alicyclic amines) is 1. The van der Waals surface area contributed by atoms with Gasteiger partial charge in [-0.1, -0.05) is 19.4 Å². The van der Waals surface area contributed by atoms with E-state index in [9.17, 15) is 0 Å². The maximum Gasteiger partial charge on any atom is 0.193 e. The summed E-state index contributed by atoms with van der Waals surface area (Å²) in [6.07, 6.45) is 6.79. The zero-order valence-electron chi connectivity index (χ0n) is 14.4. The molecule has 2 aliphatic rings. The molecule has 0 aromatic carbocycles. The van der Waals surface area contributed by atoms with Crippen molar-refractivity contribution in [2.75, 3.05) is 26.2 Å². The van der Waals surface area contributed by atoms with Crippen LogP contribution >= 0.6 is 35.3 Å². The molecule has 1 unspecified atom stereocenters. The lowest BCUT2D eigenvalue weighted by molar-refractivity contribution is 0.151. The van der Waals surface area contributed by atoms with Crippen LogP contribution in [0.5, 0.6) is 0 Å². The fourth-order valence-electron chi connectivity index (χ4n) is 3.71. The molecule has 0 bridgehead atoms. The quantitative estimate of drug-likeness (QED) is 0.412. The largest absolute Gasteiger partial charge is 0.357 e. The number of hydrogen-bond acceptors (Lipinski definition) is 2. The Morgan fingerprint density at radius 3 is 2.83 bits per heavy atom. The van der Waals surface area contributed by atoms with Crippen molar-refractivity contribution in [2.24, 2.45) is 16.3 Å². The fourth-order valence-corrected chi connectivity index (χ4v) is 4.58. The van der Waals surface area contributed by atoms with Crippen molar-refractivity contribution >= 4 is 41.3 Å². The van der Waals surface area contributed by atoms with E-state index in [0.717, 1.165) is 25.5 Å². The second-order valence-corrected chi connectivity index (χ2v) is 8.14. The average molecular weight is 447 g/mol. The highest BCUT2D eigenvalue weighted by atomic mass is 127. The summed E-state index contributed by atoms with van der Waals surface area (Å²) < 4.78 is 0. The number of nitrogens with zero attached hydrogens (tertiary/aromatic N) is 2. The summed E-state index contributed by atoms with van der Waals surface area (Å²) >= 11 is 1.86. The summed E-state index contributed by atoms with van der Waals surface area (Å²) in [5.41, 5.74) is 0.638. The predicted octanol–water partition coefficient (Wildman–Crippen LogP) is 4.39. The molecule has 1 aromatic rings. The Balaban J connectivity index is 0.00000192. The minimum Gasteiger partial charge on any atom is -0.357 e. The number of rotatable bonds is 5. The maximum atomic E-state index is 4.94. The molecule has 0 amide bonds. The number of nitrogens with one attached hydrogen (secondary N) is 1. The van der Waals surface area contributed by atoms with Crippen LogP contribution in [0.15, 0.2) is 22.5 Å². The minimum atomic E-state index is 0. The molecule has 3 rings (SSSR count). The topological polar surface area (TPSA) is 27.6 Å². The van der Waals surface area contributed by atoms with Crippen molar-refractivity contribution in [2.45, 2.75) is 46.0 Å². The number of halogens is 1. The third-order valence-corrected chi connectivity index (χ3v) is 6.07. The molecule has 5 heteroatoms. The van der Waals surface area contributed by atoms with Gasteiger partial charge in [0.25, 0.3) is 0 Å². The third-order valence-electron chi connectivity index (χ3n) is 5.17. The van der Waals surface area contributed by atoms with E-state index < -0.39 is 0 Å². The Morgan fingerprint density at radius 1 is 1.43 bits per heavy atom. The molecule has 0 radical (unpaired) electrons. The van der Waals surface area contributed by atoms with E-state index in [1.807, 2.05) is 11.3 Å². The maximum absolute atomic E-state index is 4.94. The molecule has 3 nitrogen and oxygen atoms in total. The van der Waals surface area contributed by atoms with Gasteiger partial charge in [-0.3, -0.25) is 4.99 Å². The van der Waals surface area contributed by atoms with Crippen LogP contribution in [0.3, 0.4) is 0 Å². The van der Waals surface area contributed by atoms with Gasteiger partial charge in [0.05, 0.1) is 0 Å². The summed E-state index contributed by atoms with van der Waals surface area (Å²) in [6, 6.07) is 4.37. The molecular weight excluding hydrogens is 417 g/mol. The first-order chi connectivity index (χ1) is 10.7. The lowest BCUT2D eigenvalue weighted by Crippen LogP contribution is -2.42. The van der Waals surface area contributed by atoms with E-state index >= 15 is 0 Å². The standard InChI is InChI=1S/C18H29N3S.HI/c1-3-19-17(21-10-9-18(14-21)7-5-8-18)20-13-15(2)12-16-6-4-11-22-16;/h4,6,11,15H,3,5,7-10,12-14H2,1-2H3,(H,19,20);1H. The van der Waals surface area contributed by atoms with Gasteiger partial charge in [0.15, 0.2) is 5.96 Å². The first kappa shape index (κ1) is 19.0. The van der Waals surface area contributed by atoms with E-state index in [1.165, 1.54) is 43.6 Å². The first-order valence-corrected chi connectivity index (χ1v) is 9.64.